The van der Waals surface area contributed by atoms with E-state index in [9.17, 15) is 9.18 Å². The van der Waals surface area contributed by atoms with Crippen LogP contribution in [-0.2, 0) is 0 Å². The number of alkyl halides is 1. The third-order valence-corrected chi connectivity index (χ3v) is 2.67. The first-order valence-electron chi connectivity index (χ1n) is 3.61. The molecule has 1 aromatic carbocycles. The number of benzene rings is 1. The van der Waals surface area contributed by atoms with Gasteiger partial charge in [-0.05, 0) is 18.6 Å². The van der Waals surface area contributed by atoms with Gasteiger partial charge in [-0.15, -0.1) is 0 Å². The lowest BCUT2D eigenvalue weighted by Crippen LogP contribution is -2.04. The van der Waals surface area contributed by atoms with Crippen LogP contribution in [0.2, 0.25) is 5.02 Å². The van der Waals surface area contributed by atoms with Gasteiger partial charge in [-0.2, -0.15) is 0 Å². The third kappa shape index (κ3) is 2.09. The van der Waals surface area contributed by atoms with E-state index in [2.05, 4.69) is 15.9 Å². The van der Waals surface area contributed by atoms with E-state index >= 15 is 0 Å². The van der Waals surface area contributed by atoms with Crippen LogP contribution in [0.1, 0.15) is 15.9 Å². The molecule has 0 N–H and O–H groups in total. The molecule has 0 atom stereocenters. The van der Waals surface area contributed by atoms with Crippen LogP contribution in [0.3, 0.4) is 0 Å². The van der Waals surface area contributed by atoms with Gasteiger partial charge in [0.1, 0.15) is 0 Å². The normalized spacial score (nSPS) is 10.2. The molecule has 0 amide bonds. The molecule has 70 valence electrons. The minimum atomic E-state index is -0.633. The number of Topliss-reactive ketones (excluding diaryl/α,β-unsaturated/α-hetero) is 1. The van der Waals surface area contributed by atoms with Crippen molar-refractivity contribution in [3.8, 4) is 0 Å². The van der Waals surface area contributed by atoms with Crippen LogP contribution in [0.15, 0.2) is 12.1 Å². The predicted molar refractivity (Wildman–Crippen MR) is 54.3 cm³/mol. The molecule has 0 spiro atoms. The third-order valence-electron chi connectivity index (χ3n) is 1.70. The molecule has 13 heavy (non-hydrogen) atoms. The van der Waals surface area contributed by atoms with Crippen molar-refractivity contribution in [2.24, 2.45) is 0 Å². The summed E-state index contributed by atoms with van der Waals surface area (Å²) in [6.45, 7) is 1.69. The Labute approximate surface area is 89.0 Å². The van der Waals surface area contributed by atoms with Crippen molar-refractivity contribution in [2.45, 2.75) is 6.92 Å². The Morgan fingerprint density at radius 3 is 2.77 bits per heavy atom. The second-order valence-electron chi connectivity index (χ2n) is 2.61. The number of carbonyl (C=O) groups excluding carboxylic acids is 1. The molecule has 0 unspecified atom stereocenters. The summed E-state index contributed by atoms with van der Waals surface area (Å²) in [5.41, 5.74) is 0.665. The van der Waals surface area contributed by atoms with Gasteiger partial charge in [0.05, 0.1) is 15.9 Å². The summed E-state index contributed by atoms with van der Waals surface area (Å²) >= 11 is 8.61. The number of hydrogen-bond acceptors (Lipinski definition) is 1. The fourth-order valence-electron chi connectivity index (χ4n) is 0.933. The van der Waals surface area contributed by atoms with E-state index in [0.29, 0.717) is 5.56 Å². The molecule has 1 aromatic rings. The Hall–Kier alpha value is -0.410. The van der Waals surface area contributed by atoms with E-state index in [1.54, 1.807) is 13.0 Å². The highest BCUT2D eigenvalue weighted by atomic mass is 79.9. The Morgan fingerprint density at radius 2 is 2.23 bits per heavy atom. The summed E-state index contributed by atoms with van der Waals surface area (Å²) in [4.78, 5) is 11.2. The monoisotopic (exact) mass is 264 g/mol. The van der Waals surface area contributed by atoms with Gasteiger partial charge in [-0.3, -0.25) is 4.79 Å². The van der Waals surface area contributed by atoms with E-state index in [-0.39, 0.29) is 21.7 Å². The zero-order chi connectivity index (χ0) is 10.0. The van der Waals surface area contributed by atoms with Gasteiger partial charge in [-0.25, -0.2) is 4.39 Å². The Bertz CT molecular complexity index is 352. The van der Waals surface area contributed by atoms with Crippen LogP contribution in [0, 0.1) is 12.7 Å². The molecular formula is C9H7BrClFO. The van der Waals surface area contributed by atoms with Crippen molar-refractivity contribution in [3.05, 3.63) is 34.1 Å². The standard InChI is InChI=1S/C9H7BrClFO/c1-5-2-3-6(7(13)4-10)9(12)8(5)11/h2-3H,4H2,1H3. The van der Waals surface area contributed by atoms with Gasteiger partial charge >= 0.3 is 0 Å². The molecule has 0 aliphatic rings. The maximum Gasteiger partial charge on any atom is 0.176 e. The van der Waals surface area contributed by atoms with Gasteiger partial charge in [0.25, 0.3) is 0 Å². The molecule has 0 aliphatic carbocycles. The SMILES string of the molecule is Cc1ccc(C(=O)CBr)c(F)c1Cl. The van der Waals surface area contributed by atoms with Crippen molar-refractivity contribution in [3.63, 3.8) is 0 Å². The highest BCUT2D eigenvalue weighted by molar-refractivity contribution is 9.09. The highest BCUT2D eigenvalue weighted by Crippen LogP contribution is 2.22. The maximum atomic E-state index is 13.3. The molecule has 0 fully saturated rings. The fraction of sp³-hybridized carbons (Fsp3) is 0.222. The largest absolute Gasteiger partial charge is 0.293 e. The molecule has 0 saturated carbocycles. The molecule has 1 rings (SSSR count). The van der Waals surface area contributed by atoms with Gasteiger partial charge < -0.3 is 0 Å². The van der Waals surface area contributed by atoms with Crippen LogP contribution >= 0.6 is 27.5 Å². The lowest BCUT2D eigenvalue weighted by Gasteiger charge is -2.03. The first-order valence-corrected chi connectivity index (χ1v) is 5.11. The summed E-state index contributed by atoms with van der Waals surface area (Å²) in [6.07, 6.45) is 0. The quantitative estimate of drug-likeness (QED) is 0.592. The smallest absolute Gasteiger partial charge is 0.176 e. The average Bonchev–Trinajstić information content (AvgIpc) is 2.13. The predicted octanol–water partition coefficient (Wildman–Crippen LogP) is 3.37. The topological polar surface area (TPSA) is 17.1 Å². The lowest BCUT2D eigenvalue weighted by molar-refractivity contribution is 0.102. The van der Waals surface area contributed by atoms with Gasteiger partial charge in [-0.1, -0.05) is 33.6 Å². The molecule has 4 heteroatoms. The van der Waals surface area contributed by atoms with Crippen LogP contribution in [0.5, 0.6) is 0 Å². The Morgan fingerprint density at radius 1 is 1.62 bits per heavy atom. The zero-order valence-electron chi connectivity index (χ0n) is 6.90. The minimum absolute atomic E-state index is 0.0202. The average molecular weight is 266 g/mol. The van der Waals surface area contributed by atoms with Crippen LogP contribution in [0.4, 0.5) is 4.39 Å². The highest BCUT2D eigenvalue weighted by Gasteiger charge is 2.14. The molecule has 0 aromatic heterocycles. The molecule has 0 radical (unpaired) electrons. The number of rotatable bonds is 2. The van der Waals surface area contributed by atoms with Gasteiger partial charge in [0.2, 0.25) is 0 Å². The first kappa shape index (κ1) is 10.7. The zero-order valence-corrected chi connectivity index (χ0v) is 9.25. The minimum Gasteiger partial charge on any atom is -0.293 e. The molecule has 1 nitrogen and oxygen atoms in total. The fourth-order valence-corrected chi connectivity index (χ4v) is 1.40. The summed E-state index contributed by atoms with van der Waals surface area (Å²) < 4.78 is 13.3. The van der Waals surface area contributed by atoms with E-state index in [4.69, 9.17) is 11.6 Å². The van der Waals surface area contributed by atoms with Gasteiger partial charge in [0, 0.05) is 0 Å². The molecule has 0 aliphatic heterocycles. The number of carbonyl (C=O) groups is 1. The number of hydrogen-bond donors (Lipinski definition) is 0. The van der Waals surface area contributed by atoms with Crippen molar-refractivity contribution in [1.82, 2.24) is 0 Å². The second kappa shape index (κ2) is 4.20. The summed E-state index contributed by atoms with van der Waals surface area (Å²) in [5, 5.41) is 0.121. The van der Waals surface area contributed by atoms with E-state index in [1.807, 2.05) is 0 Å². The van der Waals surface area contributed by atoms with Crippen LogP contribution in [-0.4, -0.2) is 11.1 Å². The van der Waals surface area contributed by atoms with Crippen molar-refractivity contribution in [1.29, 1.82) is 0 Å². The number of ketones is 1. The Balaban J connectivity index is 3.26. The number of aryl methyl sites for hydroxylation is 1. The van der Waals surface area contributed by atoms with Crippen molar-refractivity contribution in [2.75, 3.05) is 5.33 Å². The summed E-state index contributed by atoms with van der Waals surface area (Å²) in [5.74, 6) is -0.939. The molecular weight excluding hydrogens is 258 g/mol. The summed E-state index contributed by atoms with van der Waals surface area (Å²) in [7, 11) is 0. The molecule has 0 saturated heterocycles. The lowest BCUT2D eigenvalue weighted by atomic mass is 10.1. The van der Waals surface area contributed by atoms with Gasteiger partial charge in [0.15, 0.2) is 11.6 Å². The molecule has 0 bridgehead atoms. The summed E-state index contributed by atoms with van der Waals surface area (Å²) in [6, 6.07) is 3.07. The Kier molecular flexibility index (Phi) is 3.45. The van der Waals surface area contributed by atoms with E-state index in [1.165, 1.54) is 6.07 Å². The molecule has 0 heterocycles. The van der Waals surface area contributed by atoms with Crippen LogP contribution in [0.25, 0.3) is 0 Å². The van der Waals surface area contributed by atoms with E-state index < -0.39 is 5.82 Å². The van der Waals surface area contributed by atoms with E-state index in [0.717, 1.165) is 0 Å². The van der Waals surface area contributed by atoms with Crippen LogP contribution < -0.4 is 0 Å². The second-order valence-corrected chi connectivity index (χ2v) is 3.55. The van der Waals surface area contributed by atoms with Crippen molar-refractivity contribution >= 4 is 33.3 Å². The first-order chi connectivity index (χ1) is 6.07. The number of halogens is 3. The maximum absolute atomic E-state index is 13.3. The van der Waals surface area contributed by atoms with Crippen molar-refractivity contribution < 1.29 is 9.18 Å².